The molecule has 0 aromatic heterocycles. The molecule has 0 spiro atoms. The molecule has 0 aromatic carbocycles. The number of likely N-dealkylation sites (N-methyl/N-ethyl adjacent to an activating group) is 1. The summed E-state index contributed by atoms with van der Waals surface area (Å²) in [6, 6.07) is 0. The third-order valence-electron chi connectivity index (χ3n) is 3.69. The van der Waals surface area contributed by atoms with Crippen molar-refractivity contribution in [2.75, 3.05) is 40.3 Å². The van der Waals surface area contributed by atoms with Gasteiger partial charge in [-0.3, -0.25) is 4.79 Å². The second-order valence-corrected chi connectivity index (χ2v) is 5.81. The SMILES string of the molecule is CCCN(CCN(C)C)C(=O)C1(C)CCCCN1. The molecule has 18 heavy (non-hydrogen) atoms. The van der Waals surface area contributed by atoms with Gasteiger partial charge in [0.05, 0.1) is 5.54 Å². The Hall–Kier alpha value is -0.610. The van der Waals surface area contributed by atoms with Gasteiger partial charge in [-0.2, -0.15) is 0 Å². The van der Waals surface area contributed by atoms with Crippen LogP contribution in [-0.2, 0) is 4.79 Å². The Balaban J connectivity index is 2.62. The molecule has 4 heteroatoms. The van der Waals surface area contributed by atoms with Crippen LogP contribution in [0.25, 0.3) is 0 Å². The third-order valence-corrected chi connectivity index (χ3v) is 3.69. The number of piperidine rings is 1. The first-order chi connectivity index (χ1) is 8.49. The number of carbonyl (C=O) groups is 1. The van der Waals surface area contributed by atoms with Crippen molar-refractivity contribution in [2.24, 2.45) is 0 Å². The molecule has 0 saturated carbocycles. The Labute approximate surface area is 112 Å². The summed E-state index contributed by atoms with van der Waals surface area (Å²) in [6.07, 6.45) is 4.33. The summed E-state index contributed by atoms with van der Waals surface area (Å²) in [6.45, 7) is 7.79. The van der Waals surface area contributed by atoms with E-state index < -0.39 is 0 Å². The largest absolute Gasteiger partial charge is 0.340 e. The molecule has 0 radical (unpaired) electrons. The fourth-order valence-electron chi connectivity index (χ4n) is 2.49. The minimum Gasteiger partial charge on any atom is -0.340 e. The summed E-state index contributed by atoms with van der Waals surface area (Å²) in [7, 11) is 4.10. The van der Waals surface area contributed by atoms with E-state index in [4.69, 9.17) is 0 Å². The van der Waals surface area contributed by atoms with E-state index in [-0.39, 0.29) is 11.4 Å². The normalized spacial score (nSPS) is 24.3. The van der Waals surface area contributed by atoms with E-state index in [0.717, 1.165) is 45.4 Å². The molecule has 1 N–H and O–H groups in total. The zero-order valence-corrected chi connectivity index (χ0v) is 12.5. The topological polar surface area (TPSA) is 35.6 Å². The molecule has 1 saturated heterocycles. The maximum absolute atomic E-state index is 12.7. The van der Waals surface area contributed by atoms with Crippen LogP contribution in [0.15, 0.2) is 0 Å². The van der Waals surface area contributed by atoms with E-state index in [1.54, 1.807) is 0 Å². The lowest BCUT2D eigenvalue weighted by Crippen LogP contribution is -2.58. The molecule has 1 rings (SSSR count). The summed E-state index contributed by atoms with van der Waals surface area (Å²) >= 11 is 0. The first kappa shape index (κ1) is 15.4. The molecule has 1 unspecified atom stereocenters. The van der Waals surface area contributed by atoms with Gasteiger partial charge in [0.1, 0.15) is 0 Å². The molecule has 1 heterocycles. The van der Waals surface area contributed by atoms with Gasteiger partial charge in [0.25, 0.3) is 0 Å². The first-order valence-electron chi connectivity index (χ1n) is 7.19. The van der Waals surface area contributed by atoms with Crippen molar-refractivity contribution >= 4 is 5.91 Å². The maximum Gasteiger partial charge on any atom is 0.242 e. The fraction of sp³-hybridized carbons (Fsp3) is 0.929. The predicted octanol–water partition coefficient (Wildman–Crippen LogP) is 1.32. The van der Waals surface area contributed by atoms with Gasteiger partial charge in [0.2, 0.25) is 5.91 Å². The highest BCUT2D eigenvalue weighted by molar-refractivity contribution is 5.86. The van der Waals surface area contributed by atoms with Crippen LogP contribution in [0.4, 0.5) is 0 Å². The van der Waals surface area contributed by atoms with Crippen molar-refractivity contribution in [1.82, 2.24) is 15.1 Å². The second kappa shape index (κ2) is 7.10. The van der Waals surface area contributed by atoms with Crippen molar-refractivity contribution in [1.29, 1.82) is 0 Å². The molecule has 1 aliphatic heterocycles. The van der Waals surface area contributed by atoms with Gasteiger partial charge in [-0.15, -0.1) is 0 Å². The van der Waals surface area contributed by atoms with E-state index in [2.05, 4.69) is 38.2 Å². The van der Waals surface area contributed by atoms with Crippen LogP contribution in [0, 0.1) is 0 Å². The Morgan fingerprint density at radius 3 is 2.44 bits per heavy atom. The van der Waals surface area contributed by atoms with Gasteiger partial charge in [0.15, 0.2) is 0 Å². The number of rotatable bonds is 6. The summed E-state index contributed by atoms with van der Waals surface area (Å²) in [4.78, 5) is 16.8. The highest BCUT2D eigenvalue weighted by Gasteiger charge is 2.36. The summed E-state index contributed by atoms with van der Waals surface area (Å²) < 4.78 is 0. The van der Waals surface area contributed by atoms with Crippen LogP contribution >= 0.6 is 0 Å². The molecule has 4 nitrogen and oxygen atoms in total. The number of nitrogens with one attached hydrogen (secondary N) is 1. The molecule has 1 amide bonds. The van der Waals surface area contributed by atoms with Crippen LogP contribution in [0.3, 0.4) is 0 Å². The molecule has 106 valence electrons. The Morgan fingerprint density at radius 1 is 1.22 bits per heavy atom. The van der Waals surface area contributed by atoms with Crippen LogP contribution in [-0.4, -0.2) is 61.5 Å². The Kier molecular flexibility index (Phi) is 6.09. The van der Waals surface area contributed by atoms with Crippen molar-refractivity contribution in [2.45, 2.75) is 45.1 Å². The van der Waals surface area contributed by atoms with Gasteiger partial charge in [-0.05, 0) is 53.2 Å². The maximum atomic E-state index is 12.7. The van der Waals surface area contributed by atoms with Gasteiger partial charge in [-0.25, -0.2) is 0 Å². The standard InChI is InChI=1S/C14H29N3O/c1-5-10-17(12-11-16(3)4)13(18)14(2)8-6-7-9-15-14/h15H,5-12H2,1-4H3. The first-order valence-corrected chi connectivity index (χ1v) is 7.19. The molecule has 1 atom stereocenters. The number of amides is 1. The minimum atomic E-state index is -0.334. The van der Waals surface area contributed by atoms with Gasteiger partial charge < -0.3 is 15.1 Å². The van der Waals surface area contributed by atoms with E-state index >= 15 is 0 Å². The van der Waals surface area contributed by atoms with Crippen molar-refractivity contribution in [3.63, 3.8) is 0 Å². The second-order valence-electron chi connectivity index (χ2n) is 5.81. The molecular weight excluding hydrogens is 226 g/mol. The van der Waals surface area contributed by atoms with Crippen LogP contribution in [0.1, 0.15) is 39.5 Å². The van der Waals surface area contributed by atoms with Crippen LogP contribution in [0.2, 0.25) is 0 Å². The van der Waals surface area contributed by atoms with Gasteiger partial charge in [0, 0.05) is 19.6 Å². The van der Waals surface area contributed by atoms with E-state index in [0.29, 0.717) is 0 Å². The van der Waals surface area contributed by atoms with Crippen molar-refractivity contribution < 1.29 is 4.79 Å². The Morgan fingerprint density at radius 2 is 1.94 bits per heavy atom. The van der Waals surface area contributed by atoms with E-state index in [1.165, 1.54) is 6.42 Å². The Bertz CT molecular complexity index is 260. The van der Waals surface area contributed by atoms with Gasteiger partial charge >= 0.3 is 0 Å². The molecule has 0 aromatic rings. The molecule has 1 fully saturated rings. The minimum absolute atomic E-state index is 0.283. The highest BCUT2D eigenvalue weighted by atomic mass is 16.2. The zero-order chi connectivity index (χ0) is 13.6. The number of hydrogen-bond acceptors (Lipinski definition) is 3. The molecule has 0 bridgehead atoms. The third kappa shape index (κ3) is 4.25. The van der Waals surface area contributed by atoms with E-state index in [1.807, 2.05) is 4.90 Å². The summed E-state index contributed by atoms with van der Waals surface area (Å²) in [5.74, 6) is 0.283. The van der Waals surface area contributed by atoms with Crippen LogP contribution < -0.4 is 5.32 Å². The molecule has 1 aliphatic rings. The van der Waals surface area contributed by atoms with Gasteiger partial charge in [-0.1, -0.05) is 6.92 Å². The predicted molar refractivity (Wildman–Crippen MR) is 75.7 cm³/mol. The van der Waals surface area contributed by atoms with Crippen molar-refractivity contribution in [3.05, 3.63) is 0 Å². The average Bonchev–Trinajstić information content (AvgIpc) is 2.34. The van der Waals surface area contributed by atoms with Crippen LogP contribution in [0.5, 0.6) is 0 Å². The fourth-order valence-corrected chi connectivity index (χ4v) is 2.49. The summed E-state index contributed by atoms with van der Waals surface area (Å²) in [5.41, 5.74) is -0.334. The number of carbonyl (C=O) groups excluding carboxylic acids is 1. The lowest BCUT2D eigenvalue weighted by Gasteiger charge is -2.38. The quantitative estimate of drug-likeness (QED) is 0.777. The average molecular weight is 255 g/mol. The monoisotopic (exact) mass is 255 g/mol. The lowest BCUT2D eigenvalue weighted by molar-refractivity contribution is -0.139. The summed E-state index contributed by atoms with van der Waals surface area (Å²) in [5, 5.41) is 3.42. The number of hydrogen-bond donors (Lipinski definition) is 1. The zero-order valence-electron chi connectivity index (χ0n) is 12.5. The number of nitrogens with zero attached hydrogens (tertiary/aromatic N) is 2. The van der Waals surface area contributed by atoms with Crippen molar-refractivity contribution in [3.8, 4) is 0 Å². The molecule has 0 aliphatic carbocycles. The van der Waals surface area contributed by atoms with E-state index in [9.17, 15) is 4.79 Å². The highest BCUT2D eigenvalue weighted by Crippen LogP contribution is 2.21. The smallest absolute Gasteiger partial charge is 0.242 e. The lowest BCUT2D eigenvalue weighted by atomic mass is 9.89. The molecular formula is C14H29N3O.